The molecule has 0 spiro atoms. The summed E-state index contributed by atoms with van der Waals surface area (Å²) >= 11 is 0. The molecular formula is C18H16F4N2O2. The van der Waals surface area contributed by atoms with Gasteiger partial charge in [0.05, 0.1) is 0 Å². The van der Waals surface area contributed by atoms with E-state index >= 15 is 0 Å². The van der Waals surface area contributed by atoms with Gasteiger partial charge in [0.25, 0.3) is 0 Å². The zero-order chi connectivity index (χ0) is 19.3. The van der Waals surface area contributed by atoms with E-state index in [9.17, 15) is 27.2 Å². The van der Waals surface area contributed by atoms with E-state index in [2.05, 4.69) is 5.32 Å². The first-order valence-electron chi connectivity index (χ1n) is 7.68. The van der Waals surface area contributed by atoms with E-state index in [4.69, 9.17) is 0 Å². The lowest BCUT2D eigenvalue weighted by molar-refractivity contribution is -0.167. The molecule has 0 bridgehead atoms. The van der Waals surface area contributed by atoms with Crippen LogP contribution in [0.4, 0.5) is 28.9 Å². The van der Waals surface area contributed by atoms with Crippen molar-refractivity contribution in [1.29, 1.82) is 0 Å². The van der Waals surface area contributed by atoms with Crippen LogP contribution in [0.3, 0.4) is 0 Å². The highest BCUT2D eigenvalue weighted by Crippen LogP contribution is 2.22. The number of nitrogens with one attached hydrogen (secondary N) is 2. The zero-order valence-corrected chi connectivity index (χ0v) is 13.7. The number of halogens is 4. The molecule has 0 saturated carbocycles. The van der Waals surface area contributed by atoms with Crippen molar-refractivity contribution in [3.8, 4) is 0 Å². The molecule has 8 heteroatoms. The first-order chi connectivity index (χ1) is 12.1. The van der Waals surface area contributed by atoms with Gasteiger partial charge in [-0.15, -0.1) is 0 Å². The summed E-state index contributed by atoms with van der Waals surface area (Å²) in [6.45, 7) is 1.82. The molecular weight excluding hydrogens is 352 g/mol. The van der Waals surface area contributed by atoms with Crippen LogP contribution >= 0.6 is 0 Å². The second kappa shape index (κ2) is 7.99. The molecule has 0 aliphatic heterocycles. The molecule has 0 aliphatic rings. The van der Waals surface area contributed by atoms with Crippen molar-refractivity contribution in [2.75, 3.05) is 10.6 Å². The molecule has 1 atom stereocenters. The first kappa shape index (κ1) is 19.4. The SMILES string of the molecule is CC(CC(=O)Nc1ccc(NC(=O)C(F)(F)F)cc1)c1ccc(F)cc1. The smallest absolute Gasteiger partial charge is 0.326 e. The molecule has 0 aliphatic carbocycles. The fraction of sp³-hybridized carbons (Fsp3) is 0.222. The van der Waals surface area contributed by atoms with E-state index in [0.717, 1.165) is 5.56 Å². The maximum atomic E-state index is 12.9. The maximum absolute atomic E-state index is 12.9. The Bertz CT molecular complexity index is 771. The van der Waals surface area contributed by atoms with Crippen LogP contribution in [0.2, 0.25) is 0 Å². The van der Waals surface area contributed by atoms with E-state index in [1.54, 1.807) is 17.4 Å². The van der Waals surface area contributed by atoms with Gasteiger partial charge < -0.3 is 10.6 Å². The van der Waals surface area contributed by atoms with Crippen molar-refractivity contribution in [3.05, 3.63) is 59.9 Å². The van der Waals surface area contributed by atoms with Crippen molar-refractivity contribution in [3.63, 3.8) is 0 Å². The predicted molar refractivity (Wildman–Crippen MR) is 89.2 cm³/mol. The molecule has 2 amide bonds. The zero-order valence-electron chi connectivity index (χ0n) is 13.7. The molecule has 26 heavy (non-hydrogen) atoms. The van der Waals surface area contributed by atoms with Gasteiger partial charge >= 0.3 is 12.1 Å². The summed E-state index contributed by atoms with van der Waals surface area (Å²) in [5.74, 6) is -2.86. The number of alkyl halides is 3. The second-order valence-electron chi connectivity index (χ2n) is 5.73. The summed E-state index contributed by atoms with van der Waals surface area (Å²) in [4.78, 5) is 22.9. The summed E-state index contributed by atoms with van der Waals surface area (Å²) in [6, 6.07) is 11.1. The Hall–Kier alpha value is -2.90. The van der Waals surface area contributed by atoms with Crippen molar-refractivity contribution in [2.24, 2.45) is 0 Å². The van der Waals surface area contributed by atoms with Gasteiger partial charge in [0.2, 0.25) is 5.91 Å². The summed E-state index contributed by atoms with van der Waals surface area (Å²) in [5, 5.41) is 4.33. The minimum Gasteiger partial charge on any atom is -0.326 e. The number of rotatable bonds is 5. The fourth-order valence-electron chi connectivity index (χ4n) is 2.24. The summed E-state index contributed by atoms with van der Waals surface area (Å²) in [7, 11) is 0. The standard InChI is InChI=1S/C18H16F4N2O2/c1-11(12-2-4-13(19)5-3-12)10-16(25)23-14-6-8-15(9-7-14)24-17(26)18(20,21)22/h2-9,11H,10H2,1H3,(H,23,25)(H,24,26). The number of benzene rings is 2. The monoisotopic (exact) mass is 368 g/mol. The molecule has 2 rings (SSSR count). The van der Waals surface area contributed by atoms with Gasteiger partial charge in [-0.1, -0.05) is 19.1 Å². The van der Waals surface area contributed by atoms with Gasteiger partial charge in [0.15, 0.2) is 0 Å². The fourth-order valence-corrected chi connectivity index (χ4v) is 2.24. The molecule has 2 N–H and O–H groups in total. The van der Waals surface area contributed by atoms with Crippen LogP contribution in [0, 0.1) is 5.82 Å². The predicted octanol–water partition coefficient (Wildman–Crippen LogP) is 4.46. The summed E-state index contributed by atoms with van der Waals surface area (Å²) in [6.07, 6.45) is -4.82. The van der Waals surface area contributed by atoms with Crippen LogP contribution in [0.5, 0.6) is 0 Å². The van der Waals surface area contributed by atoms with Crippen LogP contribution in [0.25, 0.3) is 0 Å². The Morgan fingerprint density at radius 2 is 1.42 bits per heavy atom. The molecule has 1 unspecified atom stereocenters. The van der Waals surface area contributed by atoms with Crippen LogP contribution in [0.1, 0.15) is 24.8 Å². The number of hydrogen-bond acceptors (Lipinski definition) is 2. The highest BCUT2D eigenvalue weighted by molar-refractivity contribution is 5.95. The van der Waals surface area contributed by atoms with Crippen molar-refractivity contribution in [1.82, 2.24) is 0 Å². The number of carbonyl (C=O) groups excluding carboxylic acids is 2. The normalized spacial score (nSPS) is 12.3. The van der Waals surface area contributed by atoms with Crippen LogP contribution in [-0.2, 0) is 9.59 Å². The molecule has 4 nitrogen and oxygen atoms in total. The van der Waals surface area contributed by atoms with Gasteiger partial charge in [0.1, 0.15) is 5.82 Å². The topological polar surface area (TPSA) is 58.2 Å². The molecule has 0 heterocycles. The summed E-state index contributed by atoms with van der Waals surface area (Å²) in [5.41, 5.74) is 1.16. The lowest BCUT2D eigenvalue weighted by Crippen LogP contribution is -2.29. The van der Waals surface area contributed by atoms with Gasteiger partial charge in [-0.05, 0) is 47.9 Å². The highest BCUT2D eigenvalue weighted by atomic mass is 19.4. The third kappa shape index (κ3) is 5.58. The number of hydrogen-bond donors (Lipinski definition) is 2. The quantitative estimate of drug-likeness (QED) is 0.766. The first-order valence-corrected chi connectivity index (χ1v) is 7.68. The third-order valence-corrected chi connectivity index (χ3v) is 3.61. The molecule has 0 fully saturated rings. The van der Waals surface area contributed by atoms with Gasteiger partial charge in [-0.2, -0.15) is 13.2 Å². The Morgan fingerprint density at radius 3 is 1.92 bits per heavy atom. The van der Waals surface area contributed by atoms with Gasteiger partial charge in [-0.25, -0.2) is 4.39 Å². The van der Waals surface area contributed by atoms with E-state index < -0.39 is 12.1 Å². The average Bonchev–Trinajstić information content (AvgIpc) is 2.56. The van der Waals surface area contributed by atoms with Crippen molar-refractivity contribution < 1.29 is 27.2 Å². The van der Waals surface area contributed by atoms with E-state index in [1.807, 2.05) is 6.92 Å². The lowest BCUT2D eigenvalue weighted by atomic mass is 9.97. The van der Waals surface area contributed by atoms with Crippen LogP contribution in [0.15, 0.2) is 48.5 Å². The Morgan fingerprint density at radius 1 is 0.923 bits per heavy atom. The van der Waals surface area contributed by atoms with Gasteiger partial charge in [-0.3, -0.25) is 9.59 Å². The van der Waals surface area contributed by atoms with Gasteiger partial charge in [0, 0.05) is 17.8 Å². The van der Waals surface area contributed by atoms with E-state index in [1.165, 1.54) is 36.4 Å². The highest BCUT2D eigenvalue weighted by Gasteiger charge is 2.38. The number of amides is 2. The Kier molecular flexibility index (Phi) is 5.97. The number of carbonyl (C=O) groups is 2. The Balaban J connectivity index is 1.91. The maximum Gasteiger partial charge on any atom is 0.471 e. The Labute approximate surface area is 147 Å². The van der Waals surface area contributed by atoms with E-state index in [-0.39, 0.29) is 29.8 Å². The molecule has 2 aromatic rings. The minimum absolute atomic E-state index is 0.0370. The summed E-state index contributed by atoms with van der Waals surface area (Å²) < 4.78 is 49.4. The molecule has 0 radical (unpaired) electrons. The minimum atomic E-state index is -4.97. The third-order valence-electron chi connectivity index (χ3n) is 3.61. The van der Waals surface area contributed by atoms with Crippen molar-refractivity contribution >= 4 is 23.2 Å². The molecule has 2 aromatic carbocycles. The van der Waals surface area contributed by atoms with Crippen LogP contribution < -0.4 is 10.6 Å². The molecule has 0 saturated heterocycles. The van der Waals surface area contributed by atoms with Crippen LogP contribution in [-0.4, -0.2) is 18.0 Å². The average molecular weight is 368 g/mol. The largest absolute Gasteiger partial charge is 0.471 e. The lowest BCUT2D eigenvalue weighted by Gasteiger charge is -2.13. The molecule has 0 aromatic heterocycles. The number of anilines is 2. The second-order valence-corrected chi connectivity index (χ2v) is 5.73. The molecule has 138 valence electrons. The van der Waals surface area contributed by atoms with Crippen molar-refractivity contribution in [2.45, 2.75) is 25.4 Å². The van der Waals surface area contributed by atoms with E-state index in [0.29, 0.717) is 5.69 Å².